The van der Waals surface area contributed by atoms with Crippen molar-refractivity contribution < 1.29 is 17.4 Å². The van der Waals surface area contributed by atoms with E-state index in [1.165, 1.54) is 0 Å². The molecular weight excluding hydrogens is 374 g/mol. The minimum Gasteiger partial charge on any atom is -0.383 e. The molecule has 0 radical (unpaired) electrons. The van der Waals surface area contributed by atoms with Crippen molar-refractivity contribution in [2.24, 2.45) is 0 Å². The van der Waals surface area contributed by atoms with Crippen molar-refractivity contribution >= 4 is 27.6 Å². The van der Waals surface area contributed by atoms with E-state index >= 15 is 0 Å². The van der Waals surface area contributed by atoms with Gasteiger partial charge in [0, 0.05) is 12.6 Å². The third-order valence-corrected chi connectivity index (χ3v) is 4.84. The second-order valence-corrected chi connectivity index (χ2v) is 8.08. The number of benzene rings is 2. The molecule has 0 saturated heterocycles. The molecule has 7 heteroatoms. The average molecular weight is 396 g/mol. The number of halogens is 1. The molecule has 2 rings (SSSR count). The Labute approximate surface area is 159 Å². The van der Waals surface area contributed by atoms with Gasteiger partial charge in [-0.2, -0.15) is 8.42 Å². The zero-order chi connectivity index (χ0) is 19.3. The van der Waals surface area contributed by atoms with Gasteiger partial charge in [-0.1, -0.05) is 42.8 Å². The smallest absolute Gasteiger partial charge is 0.306 e. The summed E-state index contributed by atoms with van der Waals surface area (Å²) in [4.78, 5) is 14.7. The Kier molecular flexibility index (Phi) is 6.67. The second kappa shape index (κ2) is 8.56. The maximum Gasteiger partial charge on any atom is 0.306 e. The second-order valence-electron chi connectivity index (χ2n) is 6.10. The van der Waals surface area contributed by atoms with Crippen molar-refractivity contribution in [2.75, 3.05) is 6.26 Å². The molecule has 1 amide bonds. The first kappa shape index (κ1) is 20.3. The molecule has 0 saturated carbocycles. The van der Waals surface area contributed by atoms with E-state index in [1.54, 1.807) is 53.4 Å². The molecule has 0 bridgehead atoms. The molecular formula is C19H22ClNO4S. The number of carbonyl (C=O) groups is 1. The van der Waals surface area contributed by atoms with Gasteiger partial charge in [0.1, 0.15) is 5.75 Å². The van der Waals surface area contributed by atoms with Gasteiger partial charge in [-0.3, -0.25) is 4.79 Å². The van der Waals surface area contributed by atoms with Gasteiger partial charge in [0.15, 0.2) is 0 Å². The Bertz CT molecular complexity index is 865. The van der Waals surface area contributed by atoms with Gasteiger partial charge in [-0.05, 0) is 43.2 Å². The summed E-state index contributed by atoms with van der Waals surface area (Å²) in [6.45, 7) is 4.38. The molecule has 0 N–H and O–H groups in total. The number of rotatable bonds is 7. The quantitative estimate of drug-likeness (QED) is 0.661. The molecule has 0 aliphatic carbocycles. The summed E-state index contributed by atoms with van der Waals surface area (Å²) in [5.41, 5.74) is 1.33. The topological polar surface area (TPSA) is 63.7 Å². The molecule has 0 aromatic heterocycles. The van der Waals surface area contributed by atoms with Crippen LogP contribution in [0.25, 0.3) is 0 Å². The van der Waals surface area contributed by atoms with Crippen LogP contribution in [0.5, 0.6) is 5.75 Å². The van der Waals surface area contributed by atoms with E-state index in [0.29, 0.717) is 17.1 Å². The first-order valence-corrected chi connectivity index (χ1v) is 10.4. The lowest BCUT2D eigenvalue weighted by molar-refractivity contribution is 0.0672. The van der Waals surface area contributed by atoms with Crippen LogP contribution in [0.1, 0.15) is 36.2 Å². The van der Waals surface area contributed by atoms with Crippen LogP contribution in [0, 0.1) is 0 Å². The molecule has 26 heavy (non-hydrogen) atoms. The Morgan fingerprint density at radius 1 is 1.15 bits per heavy atom. The molecule has 2 aromatic rings. The Morgan fingerprint density at radius 3 is 2.31 bits per heavy atom. The normalized spacial score (nSPS) is 12.5. The maximum absolute atomic E-state index is 13.0. The molecule has 0 aliphatic rings. The maximum atomic E-state index is 13.0. The Morgan fingerprint density at radius 2 is 1.77 bits per heavy atom. The van der Waals surface area contributed by atoms with E-state index in [9.17, 15) is 13.2 Å². The largest absolute Gasteiger partial charge is 0.383 e. The summed E-state index contributed by atoms with van der Waals surface area (Å²) >= 11 is 6.18. The highest BCUT2D eigenvalue weighted by molar-refractivity contribution is 7.86. The number of carbonyl (C=O) groups excluding carboxylic acids is 1. The lowest BCUT2D eigenvalue weighted by Crippen LogP contribution is -2.37. The standard InChI is InChI=1S/C19H22ClNO4S/c1-4-14(2)21(19(22)17-7-5-6-8-18(17)20)13-15-9-11-16(12-10-15)25-26(3,23)24/h5-12,14H,4,13H2,1-3H3/t14-/m1/s1. The van der Waals surface area contributed by atoms with Crippen molar-refractivity contribution in [3.05, 3.63) is 64.7 Å². The lowest BCUT2D eigenvalue weighted by Gasteiger charge is -2.29. The van der Waals surface area contributed by atoms with Crippen LogP contribution in [0.3, 0.4) is 0 Å². The van der Waals surface area contributed by atoms with Crippen LogP contribution in [0.4, 0.5) is 0 Å². The van der Waals surface area contributed by atoms with Crippen LogP contribution in [0.15, 0.2) is 48.5 Å². The van der Waals surface area contributed by atoms with Gasteiger partial charge in [0.25, 0.3) is 5.91 Å². The molecule has 0 aliphatic heterocycles. The zero-order valence-corrected chi connectivity index (χ0v) is 16.5. The van der Waals surface area contributed by atoms with Crippen LogP contribution < -0.4 is 4.18 Å². The highest BCUT2D eigenvalue weighted by Gasteiger charge is 2.22. The third kappa shape index (κ3) is 5.47. The van der Waals surface area contributed by atoms with E-state index in [1.807, 2.05) is 13.8 Å². The molecule has 2 aromatic carbocycles. The molecule has 140 valence electrons. The van der Waals surface area contributed by atoms with Gasteiger partial charge in [0.05, 0.1) is 16.8 Å². The fraction of sp³-hybridized carbons (Fsp3) is 0.316. The van der Waals surface area contributed by atoms with Crippen molar-refractivity contribution in [1.82, 2.24) is 4.90 Å². The Hall–Kier alpha value is -2.05. The van der Waals surface area contributed by atoms with Crippen molar-refractivity contribution in [2.45, 2.75) is 32.9 Å². The van der Waals surface area contributed by atoms with E-state index < -0.39 is 10.1 Å². The fourth-order valence-corrected chi connectivity index (χ4v) is 3.14. The van der Waals surface area contributed by atoms with E-state index in [-0.39, 0.29) is 17.7 Å². The number of amides is 1. The summed E-state index contributed by atoms with van der Waals surface area (Å²) in [6, 6.07) is 13.6. The molecule has 0 spiro atoms. The zero-order valence-electron chi connectivity index (χ0n) is 15.0. The minimum absolute atomic E-state index is 0.0192. The summed E-state index contributed by atoms with van der Waals surface area (Å²) in [7, 11) is -3.56. The SMILES string of the molecule is CC[C@@H](C)N(Cc1ccc(OS(C)(=O)=O)cc1)C(=O)c1ccccc1Cl. The first-order chi connectivity index (χ1) is 12.2. The van der Waals surface area contributed by atoms with Crippen LogP contribution in [0.2, 0.25) is 5.02 Å². The monoisotopic (exact) mass is 395 g/mol. The minimum atomic E-state index is -3.56. The van der Waals surface area contributed by atoms with Crippen LogP contribution in [-0.4, -0.2) is 31.5 Å². The molecule has 0 unspecified atom stereocenters. The predicted octanol–water partition coefficient (Wildman–Crippen LogP) is 4.12. The molecule has 0 fully saturated rings. The number of nitrogens with zero attached hydrogens (tertiary/aromatic N) is 1. The Balaban J connectivity index is 2.23. The van der Waals surface area contributed by atoms with Crippen LogP contribution in [-0.2, 0) is 16.7 Å². The van der Waals surface area contributed by atoms with Crippen LogP contribution >= 0.6 is 11.6 Å². The van der Waals surface area contributed by atoms with Gasteiger partial charge in [-0.15, -0.1) is 0 Å². The first-order valence-electron chi connectivity index (χ1n) is 8.25. The van der Waals surface area contributed by atoms with Crippen molar-refractivity contribution in [1.29, 1.82) is 0 Å². The van der Waals surface area contributed by atoms with E-state index in [0.717, 1.165) is 18.2 Å². The molecule has 5 nitrogen and oxygen atoms in total. The number of hydrogen-bond acceptors (Lipinski definition) is 4. The van der Waals surface area contributed by atoms with Crippen molar-refractivity contribution in [3.63, 3.8) is 0 Å². The van der Waals surface area contributed by atoms with Gasteiger partial charge in [-0.25, -0.2) is 0 Å². The van der Waals surface area contributed by atoms with Gasteiger partial charge >= 0.3 is 10.1 Å². The number of hydrogen-bond donors (Lipinski definition) is 0. The summed E-state index contributed by atoms with van der Waals surface area (Å²) < 4.78 is 27.2. The summed E-state index contributed by atoms with van der Waals surface area (Å²) in [6.07, 6.45) is 1.79. The fourth-order valence-electron chi connectivity index (χ4n) is 2.46. The van der Waals surface area contributed by atoms with E-state index in [2.05, 4.69) is 0 Å². The highest BCUT2D eigenvalue weighted by Crippen LogP contribution is 2.22. The highest BCUT2D eigenvalue weighted by atomic mass is 35.5. The summed E-state index contributed by atoms with van der Waals surface area (Å²) in [5, 5.41) is 0.419. The third-order valence-electron chi connectivity index (χ3n) is 4.01. The van der Waals surface area contributed by atoms with Crippen molar-refractivity contribution in [3.8, 4) is 5.75 Å². The van der Waals surface area contributed by atoms with Gasteiger partial charge in [0.2, 0.25) is 0 Å². The average Bonchev–Trinajstić information content (AvgIpc) is 2.59. The van der Waals surface area contributed by atoms with Gasteiger partial charge < -0.3 is 9.08 Å². The summed E-state index contributed by atoms with van der Waals surface area (Å²) in [5.74, 6) is 0.102. The predicted molar refractivity (Wildman–Crippen MR) is 103 cm³/mol. The lowest BCUT2D eigenvalue weighted by atomic mass is 10.1. The van der Waals surface area contributed by atoms with E-state index in [4.69, 9.17) is 15.8 Å². The molecule has 0 heterocycles. The molecule has 1 atom stereocenters.